The quantitative estimate of drug-likeness (QED) is 0.422. The number of nitro groups is 1. The number of nitrogens with zero attached hydrogens (tertiary/aromatic N) is 1. The minimum Gasteiger partial charge on any atom is -0.258 e. The van der Waals surface area contributed by atoms with Crippen LogP contribution in [0.2, 0.25) is 0 Å². The fourth-order valence-electron chi connectivity index (χ4n) is 0.849. The molecule has 4 heteroatoms. The Kier molecular flexibility index (Phi) is 3.52. The van der Waals surface area contributed by atoms with Gasteiger partial charge in [0.25, 0.3) is 5.69 Å². The molecule has 0 aliphatic heterocycles. The second-order valence-corrected chi connectivity index (χ2v) is 3.26. The van der Waals surface area contributed by atoms with E-state index in [0.717, 1.165) is 0 Å². The van der Waals surface area contributed by atoms with Gasteiger partial charge in [-0.25, -0.2) is 0 Å². The molecule has 0 aliphatic carbocycles. The number of hydrogen-bond acceptors (Lipinski definition) is 3. The lowest BCUT2D eigenvalue weighted by Gasteiger charge is -1.97. The normalized spacial score (nSPS) is 10.5. The number of thioether (sulfide) groups is 1. The molecular weight excluding hydrogens is 186 g/mol. The number of rotatable bonds is 3. The summed E-state index contributed by atoms with van der Waals surface area (Å²) >= 11 is 1.35. The molecule has 1 rings (SSSR count). The van der Waals surface area contributed by atoms with Crippen LogP contribution in [0.5, 0.6) is 0 Å². The Morgan fingerprint density at radius 2 is 2.15 bits per heavy atom. The van der Waals surface area contributed by atoms with Crippen LogP contribution >= 0.6 is 11.8 Å². The van der Waals surface area contributed by atoms with Crippen molar-refractivity contribution in [2.24, 2.45) is 0 Å². The lowest BCUT2D eigenvalue weighted by atomic mass is 10.3. The smallest absolute Gasteiger partial charge is 0.258 e. The molecule has 1 aromatic rings. The van der Waals surface area contributed by atoms with Gasteiger partial charge in [0.1, 0.15) is 0 Å². The van der Waals surface area contributed by atoms with Crippen molar-refractivity contribution < 1.29 is 4.92 Å². The van der Waals surface area contributed by atoms with Crippen molar-refractivity contribution in [3.8, 4) is 0 Å². The second kappa shape index (κ2) is 4.67. The number of hydrogen-bond donors (Lipinski definition) is 0. The molecular formula is C9H9NO2S. The summed E-state index contributed by atoms with van der Waals surface area (Å²) in [5, 5.41) is 12.4. The van der Waals surface area contributed by atoms with Crippen LogP contribution in [0.4, 0.5) is 5.69 Å². The number of para-hydroxylation sites is 1. The van der Waals surface area contributed by atoms with E-state index in [1.165, 1.54) is 17.8 Å². The molecule has 3 nitrogen and oxygen atoms in total. The number of benzene rings is 1. The van der Waals surface area contributed by atoms with Crippen molar-refractivity contribution in [2.75, 3.05) is 0 Å². The largest absolute Gasteiger partial charge is 0.283 e. The highest BCUT2D eigenvalue weighted by molar-refractivity contribution is 8.02. The van der Waals surface area contributed by atoms with E-state index in [9.17, 15) is 10.1 Å². The minimum atomic E-state index is -0.369. The molecule has 1 aromatic carbocycles. The van der Waals surface area contributed by atoms with E-state index < -0.39 is 0 Å². The van der Waals surface area contributed by atoms with Crippen LogP contribution in [0.15, 0.2) is 40.6 Å². The summed E-state index contributed by atoms with van der Waals surface area (Å²) in [6.07, 6.45) is 1.85. The van der Waals surface area contributed by atoms with Gasteiger partial charge in [0, 0.05) is 6.07 Å². The maximum atomic E-state index is 10.6. The summed E-state index contributed by atoms with van der Waals surface area (Å²) in [5.74, 6) is 0. The molecule has 0 fully saturated rings. The lowest BCUT2D eigenvalue weighted by molar-refractivity contribution is -0.387. The first-order chi connectivity index (χ1) is 6.25. The van der Waals surface area contributed by atoms with E-state index in [2.05, 4.69) is 0 Å². The molecule has 0 bridgehead atoms. The van der Waals surface area contributed by atoms with E-state index in [1.54, 1.807) is 18.2 Å². The molecule has 0 N–H and O–H groups in total. The molecule has 0 radical (unpaired) electrons. The van der Waals surface area contributed by atoms with E-state index in [0.29, 0.717) is 4.90 Å². The van der Waals surface area contributed by atoms with Gasteiger partial charge < -0.3 is 0 Å². The van der Waals surface area contributed by atoms with Gasteiger partial charge in [-0.1, -0.05) is 30.0 Å². The molecule has 0 unspecified atom stereocenters. The van der Waals surface area contributed by atoms with Crippen LogP contribution < -0.4 is 0 Å². The summed E-state index contributed by atoms with van der Waals surface area (Å²) in [7, 11) is 0. The van der Waals surface area contributed by atoms with Crippen LogP contribution in [0.1, 0.15) is 6.92 Å². The highest BCUT2D eigenvalue weighted by Crippen LogP contribution is 2.28. The average Bonchev–Trinajstić information content (AvgIpc) is 2.15. The highest BCUT2D eigenvalue weighted by Gasteiger charge is 2.10. The van der Waals surface area contributed by atoms with Crippen molar-refractivity contribution in [1.82, 2.24) is 0 Å². The third-order valence-electron chi connectivity index (χ3n) is 1.39. The molecule has 13 heavy (non-hydrogen) atoms. The summed E-state index contributed by atoms with van der Waals surface area (Å²) < 4.78 is 0. The number of allylic oxidation sites excluding steroid dienone is 1. The molecule has 0 saturated heterocycles. The maximum absolute atomic E-state index is 10.6. The Morgan fingerprint density at radius 1 is 1.46 bits per heavy atom. The first-order valence-electron chi connectivity index (χ1n) is 3.77. The van der Waals surface area contributed by atoms with Crippen molar-refractivity contribution in [3.05, 3.63) is 45.9 Å². The predicted molar refractivity (Wildman–Crippen MR) is 53.8 cm³/mol. The first-order valence-corrected chi connectivity index (χ1v) is 4.65. The van der Waals surface area contributed by atoms with Gasteiger partial charge in [-0.2, -0.15) is 0 Å². The van der Waals surface area contributed by atoms with E-state index in [4.69, 9.17) is 0 Å². The Bertz CT molecular complexity index is 336. The summed E-state index contributed by atoms with van der Waals surface area (Å²) in [5.41, 5.74) is 0.158. The van der Waals surface area contributed by atoms with Crippen LogP contribution in [0.25, 0.3) is 0 Å². The molecule has 0 saturated carbocycles. The lowest BCUT2D eigenvalue weighted by Crippen LogP contribution is -1.88. The van der Waals surface area contributed by atoms with Crippen molar-refractivity contribution in [3.63, 3.8) is 0 Å². The zero-order valence-corrected chi connectivity index (χ0v) is 7.95. The summed E-state index contributed by atoms with van der Waals surface area (Å²) in [6.45, 7) is 1.88. The van der Waals surface area contributed by atoms with Crippen LogP contribution in [0, 0.1) is 10.1 Å². The van der Waals surface area contributed by atoms with Crippen LogP contribution in [-0.4, -0.2) is 4.92 Å². The fourth-order valence-corrected chi connectivity index (χ4v) is 1.55. The molecule has 0 amide bonds. The highest BCUT2D eigenvalue weighted by atomic mass is 32.2. The fraction of sp³-hybridized carbons (Fsp3) is 0.111. The van der Waals surface area contributed by atoms with Crippen LogP contribution in [0.3, 0.4) is 0 Å². The molecule has 68 valence electrons. The van der Waals surface area contributed by atoms with Gasteiger partial charge in [0.2, 0.25) is 0 Å². The van der Waals surface area contributed by atoms with E-state index >= 15 is 0 Å². The van der Waals surface area contributed by atoms with Gasteiger partial charge >= 0.3 is 0 Å². The second-order valence-electron chi connectivity index (χ2n) is 2.31. The summed E-state index contributed by atoms with van der Waals surface area (Å²) in [6, 6.07) is 6.70. The van der Waals surface area contributed by atoms with Crippen molar-refractivity contribution in [1.29, 1.82) is 0 Å². The average molecular weight is 195 g/mol. The summed E-state index contributed by atoms with van der Waals surface area (Å²) in [4.78, 5) is 10.9. The van der Waals surface area contributed by atoms with Gasteiger partial charge in [-0.05, 0) is 18.4 Å². The Hall–Kier alpha value is -1.29. The third-order valence-corrected chi connectivity index (χ3v) is 2.40. The minimum absolute atomic E-state index is 0.158. The van der Waals surface area contributed by atoms with Gasteiger partial charge in [-0.3, -0.25) is 10.1 Å². The molecule has 0 atom stereocenters. The Labute approximate surface area is 80.6 Å². The Morgan fingerprint density at radius 3 is 2.77 bits per heavy atom. The number of nitro benzene ring substituents is 1. The van der Waals surface area contributed by atoms with Gasteiger partial charge in [-0.15, -0.1) is 0 Å². The standard InChI is InChI=1S/C9H9NO2S/c1-2-7-13-9-6-4-3-5-8(9)10(11)12/h2-7H,1H3/b7-2+. The third kappa shape index (κ3) is 2.59. The van der Waals surface area contributed by atoms with E-state index in [-0.39, 0.29) is 10.6 Å². The van der Waals surface area contributed by atoms with E-state index in [1.807, 2.05) is 18.4 Å². The first kappa shape index (κ1) is 9.80. The van der Waals surface area contributed by atoms with Crippen LogP contribution in [-0.2, 0) is 0 Å². The topological polar surface area (TPSA) is 43.1 Å². The maximum Gasteiger partial charge on any atom is 0.283 e. The van der Waals surface area contributed by atoms with Crippen molar-refractivity contribution in [2.45, 2.75) is 11.8 Å². The molecule has 0 aromatic heterocycles. The SMILES string of the molecule is C/C=C/Sc1ccccc1[N+](=O)[O-]. The monoisotopic (exact) mass is 195 g/mol. The zero-order valence-electron chi connectivity index (χ0n) is 7.14. The van der Waals surface area contributed by atoms with Crippen molar-refractivity contribution >= 4 is 17.4 Å². The molecule has 0 spiro atoms. The molecule has 0 aliphatic rings. The predicted octanol–water partition coefficient (Wildman–Crippen LogP) is 3.22. The van der Waals surface area contributed by atoms with Gasteiger partial charge in [0.15, 0.2) is 0 Å². The Balaban J connectivity index is 2.97. The molecule has 0 heterocycles. The zero-order chi connectivity index (χ0) is 9.68. The van der Waals surface area contributed by atoms with Gasteiger partial charge in [0.05, 0.1) is 9.82 Å².